The molecule has 33 heavy (non-hydrogen) atoms. The van der Waals surface area contributed by atoms with Crippen molar-refractivity contribution >= 4 is 22.6 Å². The lowest BCUT2D eigenvalue weighted by Gasteiger charge is -2.16. The molecule has 0 aliphatic carbocycles. The van der Waals surface area contributed by atoms with Crippen LogP contribution in [0.4, 0.5) is 5.69 Å². The normalized spacial score (nSPS) is 11.5. The van der Waals surface area contributed by atoms with Gasteiger partial charge < -0.3 is 5.32 Å². The molecule has 3 aromatic heterocycles. The minimum absolute atomic E-state index is 0.0146. The van der Waals surface area contributed by atoms with Gasteiger partial charge in [0.15, 0.2) is 5.65 Å². The van der Waals surface area contributed by atoms with Gasteiger partial charge in [-0.25, -0.2) is 14.5 Å². The summed E-state index contributed by atoms with van der Waals surface area (Å²) in [5.41, 5.74) is 1.05. The van der Waals surface area contributed by atoms with Gasteiger partial charge in [-0.05, 0) is 36.1 Å². The van der Waals surface area contributed by atoms with Gasteiger partial charge >= 0.3 is 5.69 Å². The molecule has 9 heteroatoms. The molecule has 1 aromatic carbocycles. The molecular weight excluding hydrogens is 420 g/mol. The van der Waals surface area contributed by atoms with Crippen LogP contribution in [-0.2, 0) is 6.54 Å². The average Bonchev–Trinajstić information content (AvgIpc) is 3.30. The molecule has 0 saturated carbocycles. The Morgan fingerprint density at radius 3 is 2.55 bits per heavy atom. The molecule has 0 spiro atoms. The van der Waals surface area contributed by atoms with Crippen LogP contribution in [0.1, 0.15) is 49.7 Å². The van der Waals surface area contributed by atoms with Crippen molar-refractivity contribution in [2.24, 2.45) is 5.92 Å². The van der Waals surface area contributed by atoms with E-state index >= 15 is 0 Å². The number of fused-ring (bicyclic) bond motifs is 1. The number of para-hydroxylation sites is 2. The van der Waals surface area contributed by atoms with Gasteiger partial charge in [-0.2, -0.15) is 5.10 Å². The van der Waals surface area contributed by atoms with Crippen LogP contribution in [0.25, 0.3) is 16.7 Å². The third-order valence-corrected chi connectivity index (χ3v) is 5.26. The number of H-pyrrole nitrogens is 1. The number of hydrogen-bond acceptors (Lipinski definition) is 5. The number of pyridine rings is 1. The van der Waals surface area contributed by atoms with Crippen molar-refractivity contribution < 1.29 is 4.79 Å². The summed E-state index contributed by atoms with van der Waals surface area (Å²) in [6, 6.07) is 10.7. The van der Waals surface area contributed by atoms with Crippen LogP contribution in [0.5, 0.6) is 0 Å². The standard InChI is InChI=1S/C24H26N6O3/c1-14(2)13-29-21-20(23(32)28-24(29)33)16(12-18(26-21)15(3)4)22(31)27-17-8-5-6-9-19(17)30-11-7-10-25-30/h5-12,14-15H,13H2,1-4H3,(H,27,31)(H,28,32,33). The van der Waals surface area contributed by atoms with Crippen molar-refractivity contribution in [3.8, 4) is 5.69 Å². The summed E-state index contributed by atoms with van der Waals surface area (Å²) in [4.78, 5) is 45.9. The van der Waals surface area contributed by atoms with Crippen LogP contribution < -0.4 is 16.6 Å². The van der Waals surface area contributed by atoms with E-state index in [1.165, 1.54) is 4.57 Å². The van der Waals surface area contributed by atoms with E-state index in [1.807, 2.05) is 39.8 Å². The van der Waals surface area contributed by atoms with Crippen LogP contribution in [0.2, 0.25) is 0 Å². The fourth-order valence-corrected chi connectivity index (χ4v) is 3.68. The second-order valence-corrected chi connectivity index (χ2v) is 8.63. The molecule has 0 aliphatic heterocycles. The molecular formula is C24H26N6O3. The van der Waals surface area contributed by atoms with Gasteiger partial charge in [-0.1, -0.05) is 39.8 Å². The van der Waals surface area contributed by atoms with Crippen molar-refractivity contribution in [3.63, 3.8) is 0 Å². The molecule has 170 valence electrons. The molecule has 0 unspecified atom stereocenters. The minimum Gasteiger partial charge on any atom is -0.320 e. The van der Waals surface area contributed by atoms with Gasteiger partial charge in [0.2, 0.25) is 0 Å². The molecule has 4 aromatic rings. The Morgan fingerprint density at radius 2 is 1.88 bits per heavy atom. The molecule has 0 fully saturated rings. The molecule has 2 N–H and O–H groups in total. The first kappa shape index (κ1) is 22.2. The van der Waals surface area contributed by atoms with Gasteiger partial charge in [0.1, 0.15) is 0 Å². The molecule has 4 rings (SSSR count). The van der Waals surface area contributed by atoms with E-state index in [0.717, 1.165) is 0 Å². The van der Waals surface area contributed by atoms with Crippen LogP contribution in [0.3, 0.4) is 0 Å². The first-order chi connectivity index (χ1) is 15.8. The summed E-state index contributed by atoms with van der Waals surface area (Å²) in [6.07, 6.45) is 3.43. The topological polar surface area (TPSA) is 115 Å². The summed E-state index contributed by atoms with van der Waals surface area (Å²) in [6.45, 7) is 8.19. The predicted molar refractivity (Wildman–Crippen MR) is 127 cm³/mol. The maximum absolute atomic E-state index is 13.5. The Labute approximate surface area is 190 Å². The fourth-order valence-electron chi connectivity index (χ4n) is 3.68. The maximum atomic E-state index is 13.5. The molecule has 0 bridgehead atoms. The van der Waals surface area contributed by atoms with Gasteiger partial charge in [0, 0.05) is 24.6 Å². The molecule has 9 nitrogen and oxygen atoms in total. The number of nitrogens with zero attached hydrogens (tertiary/aromatic N) is 4. The number of nitrogens with one attached hydrogen (secondary N) is 2. The van der Waals surface area contributed by atoms with Crippen LogP contribution in [0, 0.1) is 5.92 Å². The second-order valence-electron chi connectivity index (χ2n) is 8.63. The lowest BCUT2D eigenvalue weighted by molar-refractivity contribution is 0.102. The first-order valence-corrected chi connectivity index (χ1v) is 10.8. The SMILES string of the molecule is CC(C)Cn1c(=O)[nH]c(=O)c2c(C(=O)Nc3ccccc3-n3cccn3)cc(C(C)C)nc21. The van der Waals surface area contributed by atoms with Gasteiger partial charge in [-0.3, -0.25) is 19.1 Å². The summed E-state index contributed by atoms with van der Waals surface area (Å²) < 4.78 is 3.08. The third-order valence-electron chi connectivity index (χ3n) is 5.26. The van der Waals surface area contributed by atoms with E-state index < -0.39 is 17.2 Å². The highest BCUT2D eigenvalue weighted by molar-refractivity contribution is 6.12. The number of aromatic nitrogens is 5. The van der Waals surface area contributed by atoms with E-state index in [-0.39, 0.29) is 28.4 Å². The van der Waals surface area contributed by atoms with Gasteiger partial charge in [-0.15, -0.1) is 0 Å². The van der Waals surface area contributed by atoms with Crippen LogP contribution in [0.15, 0.2) is 58.4 Å². The largest absolute Gasteiger partial charge is 0.330 e. The quantitative estimate of drug-likeness (QED) is 0.472. The van der Waals surface area contributed by atoms with E-state index in [0.29, 0.717) is 23.6 Å². The number of rotatable bonds is 6. The zero-order valence-corrected chi connectivity index (χ0v) is 19.0. The van der Waals surface area contributed by atoms with E-state index in [4.69, 9.17) is 0 Å². The van der Waals surface area contributed by atoms with Crippen molar-refractivity contribution in [1.82, 2.24) is 24.3 Å². The van der Waals surface area contributed by atoms with E-state index in [1.54, 1.807) is 41.3 Å². The Kier molecular flexibility index (Phi) is 5.95. The number of carbonyl (C=O) groups excluding carboxylic acids is 1. The molecule has 0 aliphatic rings. The number of benzene rings is 1. The van der Waals surface area contributed by atoms with Crippen molar-refractivity contribution in [2.45, 2.75) is 40.2 Å². The number of amides is 1. The summed E-state index contributed by atoms with van der Waals surface area (Å²) in [5, 5.41) is 7.24. The first-order valence-electron chi connectivity index (χ1n) is 10.8. The predicted octanol–water partition coefficient (Wildman–Crippen LogP) is 3.30. The smallest absolute Gasteiger partial charge is 0.320 e. The Bertz CT molecular complexity index is 1430. The fraction of sp³-hybridized carbons (Fsp3) is 0.292. The number of anilines is 1. The highest BCUT2D eigenvalue weighted by Gasteiger charge is 2.21. The zero-order chi connectivity index (χ0) is 23.7. The molecule has 1 amide bonds. The highest BCUT2D eigenvalue weighted by Crippen LogP contribution is 2.24. The van der Waals surface area contributed by atoms with Gasteiger partial charge in [0.05, 0.1) is 22.3 Å². The molecule has 0 saturated heterocycles. The van der Waals surface area contributed by atoms with E-state index in [2.05, 4.69) is 20.4 Å². The second kappa shape index (κ2) is 8.85. The summed E-state index contributed by atoms with van der Waals surface area (Å²) >= 11 is 0. The Balaban J connectivity index is 1.90. The number of hydrogen-bond donors (Lipinski definition) is 2. The zero-order valence-electron chi connectivity index (χ0n) is 19.0. The Hall–Kier alpha value is -4.01. The van der Waals surface area contributed by atoms with Crippen molar-refractivity contribution in [2.75, 3.05) is 5.32 Å². The Morgan fingerprint density at radius 1 is 1.12 bits per heavy atom. The molecule has 0 radical (unpaired) electrons. The third kappa shape index (κ3) is 4.34. The summed E-state index contributed by atoms with van der Waals surface area (Å²) in [5.74, 6) is -0.345. The highest BCUT2D eigenvalue weighted by atomic mass is 16.2. The average molecular weight is 447 g/mol. The van der Waals surface area contributed by atoms with Crippen LogP contribution >= 0.6 is 0 Å². The van der Waals surface area contributed by atoms with Crippen LogP contribution in [-0.4, -0.2) is 30.2 Å². The van der Waals surface area contributed by atoms with Crippen molar-refractivity contribution in [1.29, 1.82) is 0 Å². The van der Waals surface area contributed by atoms with Gasteiger partial charge in [0.25, 0.3) is 11.5 Å². The molecule has 0 atom stereocenters. The van der Waals surface area contributed by atoms with Crippen molar-refractivity contribution in [3.05, 3.63) is 80.9 Å². The monoisotopic (exact) mass is 446 g/mol. The molecule has 3 heterocycles. The minimum atomic E-state index is -0.636. The summed E-state index contributed by atoms with van der Waals surface area (Å²) in [7, 11) is 0. The maximum Gasteiger partial charge on any atom is 0.330 e. The van der Waals surface area contributed by atoms with E-state index in [9.17, 15) is 14.4 Å². The lowest BCUT2D eigenvalue weighted by Crippen LogP contribution is -2.33. The number of aromatic amines is 1. The lowest BCUT2D eigenvalue weighted by atomic mass is 10.0. The number of carbonyl (C=O) groups is 1.